The van der Waals surface area contributed by atoms with Gasteiger partial charge in [-0.3, -0.25) is 14.5 Å². The lowest BCUT2D eigenvalue weighted by Crippen LogP contribution is -2.32. The molecule has 0 spiro atoms. The molecule has 0 saturated carbocycles. The Morgan fingerprint density at radius 1 is 1.45 bits per heavy atom. The van der Waals surface area contributed by atoms with Gasteiger partial charge in [-0.05, 0) is 6.07 Å². The molecule has 1 aromatic heterocycles. The van der Waals surface area contributed by atoms with Gasteiger partial charge in [0.05, 0.1) is 18.6 Å². The maximum Gasteiger partial charge on any atom is 0.235 e. The van der Waals surface area contributed by atoms with Gasteiger partial charge in [-0.2, -0.15) is 0 Å². The van der Waals surface area contributed by atoms with Crippen LogP contribution in [-0.4, -0.2) is 28.4 Å². The number of thiophene rings is 1. The van der Waals surface area contributed by atoms with Gasteiger partial charge in [0, 0.05) is 28.7 Å². The first-order valence-corrected chi connectivity index (χ1v) is 7.34. The number of hydrogen-bond donors (Lipinski definition) is 1. The topological polar surface area (TPSA) is 57.6 Å². The highest BCUT2D eigenvalue weighted by Crippen LogP contribution is 2.33. The summed E-state index contributed by atoms with van der Waals surface area (Å²) in [7, 11) is 0. The molecule has 20 heavy (non-hydrogen) atoms. The highest BCUT2D eigenvalue weighted by atomic mass is 32.1. The van der Waals surface area contributed by atoms with Gasteiger partial charge in [-0.15, -0.1) is 11.3 Å². The minimum atomic E-state index is -0.585. The van der Waals surface area contributed by atoms with Crippen LogP contribution in [0.1, 0.15) is 37.1 Å². The molecule has 2 rings (SSSR count). The Morgan fingerprint density at radius 2 is 2.20 bits per heavy atom. The maximum absolute atomic E-state index is 12.1. The average Bonchev–Trinajstić information content (AvgIpc) is 2.89. The summed E-state index contributed by atoms with van der Waals surface area (Å²) in [6.45, 7) is 3.98. The standard InChI is InChI=1S/C15H17NO3S/c1-15(2)8-13(18)16(14(15)19)9-12-7-11(10-20-12)5-3-4-6-17/h7,10,17H,4,6,8-9H2,1-2H3. The third-order valence-corrected chi connectivity index (χ3v) is 4.08. The van der Waals surface area contributed by atoms with Crippen molar-refractivity contribution in [2.24, 2.45) is 5.41 Å². The molecule has 0 aliphatic carbocycles. The largest absolute Gasteiger partial charge is 0.395 e. The fourth-order valence-corrected chi connectivity index (χ4v) is 2.90. The molecule has 5 heteroatoms. The maximum atomic E-state index is 12.1. The molecule has 1 aliphatic rings. The molecule has 1 fully saturated rings. The molecule has 0 atom stereocenters. The molecule has 4 nitrogen and oxygen atoms in total. The molecular weight excluding hydrogens is 274 g/mol. The monoisotopic (exact) mass is 291 g/mol. The van der Waals surface area contributed by atoms with E-state index >= 15 is 0 Å². The Hall–Kier alpha value is -1.64. The van der Waals surface area contributed by atoms with Crippen molar-refractivity contribution in [3.63, 3.8) is 0 Å². The Balaban J connectivity index is 2.07. The second kappa shape index (κ2) is 5.78. The molecule has 0 bridgehead atoms. The van der Waals surface area contributed by atoms with Crippen molar-refractivity contribution in [2.75, 3.05) is 6.61 Å². The first kappa shape index (κ1) is 14.8. The Labute approximate surface area is 122 Å². The Morgan fingerprint density at radius 3 is 2.80 bits per heavy atom. The van der Waals surface area contributed by atoms with Gasteiger partial charge >= 0.3 is 0 Å². The van der Waals surface area contributed by atoms with E-state index in [1.54, 1.807) is 13.8 Å². The molecule has 106 valence electrons. The molecule has 0 unspecified atom stereocenters. The number of carbonyl (C=O) groups is 2. The summed E-state index contributed by atoms with van der Waals surface area (Å²) in [5.74, 6) is 5.57. The lowest BCUT2D eigenvalue weighted by atomic mass is 9.92. The van der Waals surface area contributed by atoms with Gasteiger partial charge < -0.3 is 5.11 Å². The second-order valence-corrected chi connectivity index (χ2v) is 6.42. The van der Waals surface area contributed by atoms with E-state index in [0.717, 1.165) is 10.4 Å². The Kier molecular flexibility index (Phi) is 4.26. The van der Waals surface area contributed by atoms with Crippen LogP contribution in [0.4, 0.5) is 0 Å². The van der Waals surface area contributed by atoms with Gasteiger partial charge in [0.25, 0.3) is 0 Å². The first-order chi connectivity index (χ1) is 9.44. The van der Waals surface area contributed by atoms with Crippen LogP contribution in [0.5, 0.6) is 0 Å². The Bertz CT molecular complexity index is 592. The van der Waals surface area contributed by atoms with E-state index in [0.29, 0.717) is 13.0 Å². The molecule has 1 aromatic rings. The van der Waals surface area contributed by atoms with E-state index in [2.05, 4.69) is 11.8 Å². The summed E-state index contributed by atoms with van der Waals surface area (Å²) >= 11 is 1.49. The van der Waals surface area contributed by atoms with Crippen molar-refractivity contribution in [1.82, 2.24) is 4.90 Å². The predicted octanol–water partition coefficient (Wildman–Crippen LogP) is 1.77. The van der Waals surface area contributed by atoms with Crippen molar-refractivity contribution < 1.29 is 14.7 Å². The zero-order valence-corrected chi connectivity index (χ0v) is 12.4. The fraction of sp³-hybridized carbons (Fsp3) is 0.467. The quantitative estimate of drug-likeness (QED) is 0.682. The number of amides is 2. The number of likely N-dealkylation sites (tertiary alicyclic amines) is 1. The summed E-state index contributed by atoms with van der Waals surface area (Å²) < 4.78 is 0. The first-order valence-electron chi connectivity index (χ1n) is 6.46. The van der Waals surface area contributed by atoms with Crippen molar-refractivity contribution >= 4 is 23.2 Å². The highest BCUT2D eigenvalue weighted by molar-refractivity contribution is 7.10. The van der Waals surface area contributed by atoms with Gasteiger partial charge in [0.15, 0.2) is 0 Å². The van der Waals surface area contributed by atoms with E-state index in [4.69, 9.17) is 5.11 Å². The summed E-state index contributed by atoms with van der Waals surface area (Å²) in [5, 5.41) is 10.6. The minimum absolute atomic E-state index is 0.0514. The number of carbonyl (C=O) groups excluding carboxylic acids is 2. The van der Waals surface area contributed by atoms with Gasteiger partial charge in [0.1, 0.15) is 0 Å². The van der Waals surface area contributed by atoms with E-state index in [1.807, 2.05) is 11.4 Å². The van der Waals surface area contributed by atoms with Crippen LogP contribution < -0.4 is 0 Å². The van der Waals surface area contributed by atoms with Crippen LogP contribution in [-0.2, 0) is 16.1 Å². The molecular formula is C15H17NO3S. The molecule has 1 aliphatic heterocycles. The average molecular weight is 291 g/mol. The molecule has 1 N–H and O–H groups in total. The van der Waals surface area contributed by atoms with E-state index in [-0.39, 0.29) is 24.8 Å². The number of imide groups is 1. The summed E-state index contributed by atoms with van der Waals surface area (Å²) in [6, 6.07) is 1.89. The molecule has 1 saturated heterocycles. The van der Waals surface area contributed by atoms with Crippen LogP contribution >= 0.6 is 11.3 Å². The van der Waals surface area contributed by atoms with Crippen molar-refractivity contribution in [1.29, 1.82) is 0 Å². The zero-order valence-electron chi connectivity index (χ0n) is 11.6. The third-order valence-electron chi connectivity index (χ3n) is 3.16. The normalized spacial score (nSPS) is 17.2. The molecule has 0 radical (unpaired) electrons. The lowest BCUT2D eigenvalue weighted by molar-refractivity contribution is -0.141. The van der Waals surface area contributed by atoms with Gasteiger partial charge in [-0.25, -0.2) is 0 Å². The summed E-state index contributed by atoms with van der Waals surface area (Å²) in [6.07, 6.45) is 0.725. The van der Waals surface area contributed by atoms with E-state index in [1.165, 1.54) is 16.2 Å². The zero-order chi connectivity index (χ0) is 14.8. The number of aliphatic hydroxyl groups is 1. The van der Waals surface area contributed by atoms with Crippen LogP contribution in [0.25, 0.3) is 0 Å². The highest BCUT2D eigenvalue weighted by Gasteiger charge is 2.44. The molecule has 2 heterocycles. The minimum Gasteiger partial charge on any atom is -0.395 e. The summed E-state index contributed by atoms with van der Waals surface area (Å²) in [4.78, 5) is 26.3. The predicted molar refractivity (Wildman–Crippen MR) is 76.9 cm³/mol. The van der Waals surface area contributed by atoms with Crippen LogP contribution in [0.3, 0.4) is 0 Å². The molecule has 0 aromatic carbocycles. The smallest absolute Gasteiger partial charge is 0.235 e. The molecule has 2 amide bonds. The number of rotatable bonds is 3. The number of nitrogens with zero attached hydrogens (tertiary/aromatic N) is 1. The third kappa shape index (κ3) is 3.09. The second-order valence-electron chi connectivity index (χ2n) is 5.42. The van der Waals surface area contributed by atoms with Crippen LogP contribution in [0, 0.1) is 17.3 Å². The SMILES string of the molecule is CC1(C)CC(=O)N(Cc2cc(C#CCCO)cs2)C1=O. The van der Waals surface area contributed by atoms with Gasteiger partial charge in [0.2, 0.25) is 11.8 Å². The van der Waals surface area contributed by atoms with Crippen molar-refractivity contribution in [2.45, 2.75) is 33.2 Å². The summed E-state index contributed by atoms with van der Waals surface area (Å²) in [5.41, 5.74) is 0.273. The number of aliphatic hydroxyl groups excluding tert-OH is 1. The van der Waals surface area contributed by atoms with Crippen LogP contribution in [0.2, 0.25) is 0 Å². The number of hydrogen-bond acceptors (Lipinski definition) is 4. The van der Waals surface area contributed by atoms with E-state index in [9.17, 15) is 9.59 Å². The van der Waals surface area contributed by atoms with Gasteiger partial charge in [-0.1, -0.05) is 25.7 Å². The van der Waals surface area contributed by atoms with E-state index < -0.39 is 5.41 Å². The van der Waals surface area contributed by atoms with Crippen molar-refractivity contribution in [3.8, 4) is 11.8 Å². The van der Waals surface area contributed by atoms with Crippen LogP contribution in [0.15, 0.2) is 11.4 Å². The lowest BCUT2D eigenvalue weighted by Gasteiger charge is -2.16. The fourth-order valence-electron chi connectivity index (χ4n) is 2.09. The van der Waals surface area contributed by atoms with Crippen molar-refractivity contribution in [3.05, 3.63) is 21.9 Å².